The minimum absolute atomic E-state index is 0.630. The van der Waals surface area contributed by atoms with E-state index >= 15 is 0 Å². The molecule has 0 unspecified atom stereocenters. The molecule has 2 rings (SSSR count). The number of hydrogen-bond donors (Lipinski definition) is 1. The van der Waals surface area contributed by atoms with E-state index in [1.54, 1.807) is 0 Å². The summed E-state index contributed by atoms with van der Waals surface area (Å²) in [5.74, 6) is 0. The van der Waals surface area contributed by atoms with E-state index in [0.29, 0.717) is 5.54 Å². The molecule has 2 fully saturated rings. The Morgan fingerprint density at radius 1 is 1.20 bits per heavy atom. The minimum atomic E-state index is 0.630. The lowest BCUT2D eigenvalue weighted by Crippen LogP contribution is -2.61. The van der Waals surface area contributed by atoms with Crippen molar-refractivity contribution in [2.45, 2.75) is 24.8 Å². The third-order valence-electron chi connectivity index (χ3n) is 3.26. The molecule has 0 amide bonds. The van der Waals surface area contributed by atoms with E-state index in [-0.39, 0.29) is 0 Å². The van der Waals surface area contributed by atoms with Gasteiger partial charge in [-0.2, -0.15) is 0 Å². The van der Waals surface area contributed by atoms with Crippen molar-refractivity contribution >= 4 is 0 Å². The highest BCUT2D eigenvalue weighted by Gasteiger charge is 2.42. The van der Waals surface area contributed by atoms with Crippen LogP contribution in [0.3, 0.4) is 0 Å². The molecule has 2 nitrogen and oxygen atoms in total. The molecule has 0 atom stereocenters. The maximum absolute atomic E-state index is 3.40. The first-order chi connectivity index (χ1) is 4.83. The molecule has 2 saturated heterocycles. The Balaban J connectivity index is 1.99. The largest absolute Gasteiger partial charge is 0.317 e. The molecule has 2 aliphatic heterocycles. The summed E-state index contributed by atoms with van der Waals surface area (Å²) in [5, 5.41) is 3.40. The zero-order chi connectivity index (χ0) is 7.03. The molecule has 0 bridgehead atoms. The molecule has 0 aromatic heterocycles. The lowest BCUT2D eigenvalue weighted by Gasteiger charge is -2.53. The molecule has 0 aromatic rings. The lowest BCUT2D eigenvalue weighted by molar-refractivity contribution is -0.0139. The van der Waals surface area contributed by atoms with Crippen molar-refractivity contribution in [3.05, 3.63) is 0 Å². The molecule has 0 saturated carbocycles. The van der Waals surface area contributed by atoms with Gasteiger partial charge in [-0.1, -0.05) is 0 Å². The monoisotopic (exact) mass is 140 g/mol. The average Bonchev–Trinajstić information content (AvgIpc) is 2.04. The average molecular weight is 140 g/mol. The van der Waals surface area contributed by atoms with Crippen LogP contribution in [0.5, 0.6) is 0 Å². The zero-order valence-electron chi connectivity index (χ0n) is 6.69. The van der Waals surface area contributed by atoms with Crippen molar-refractivity contribution in [2.24, 2.45) is 0 Å². The summed E-state index contributed by atoms with van der Waals surface area (Å²) in [7, 11) is 2.26. The van der Waals surface area contributed by atoms with E-state index in [1.165, 1.54) is 38.9 Å². The van der Waals surface area contributed by atoms with Gasteiger partial charge < -0.3 is 10.2 Å². The Morgan fingerprint density at radius 2 is 1.90 bits per heavy atom. The van der Waals surface area contributed by atoms with Crippen molar-refractivity contribution in [2.75, 3.05) is 26.7 Å². The number of rotatable bonds is 0. The van der Waals surface area contributed by atoms with Crippen LogP contribution in [0.4, 0.5) is 0 Å². The number of likely N-dealkylation sites (tertiary alicyclic amines) is 1. The predicted molar refractivity (Wildman–Crippen MR) is 42.1 cm³/mol. The SMILES string of the molecule is CN1CCC12CCNCC2. The maximum atomic E-state index is 3.40. The van der Waals surface area contributed by atoms with Gasteiger partial charge in [-0.25, -0.2) is 0 Å². The Bertz CT molecular complexity index is 127. The Labute approximate surface area is 62.6 Å². The molecule has 0 radical (unpaired) electrons. The van der Waals surface area contributed by atoms with Gasteiger partial charge in [-0.15, -0.1) is 0 Å². The van der Waals surface area contributed by atoms with Crippen LogP contribution in [-0.2, 0) is 0 Å². The molecular weight excluding hydrogens is 124 g/mol. The van der Waals surface area contributed by atoms with Crippen molar-refractivity contribution in [1.29, 1.82) is 0 Å². The molecule has 2 aliphatic rings. The second-order valence-electron chi connectivity index (χ2n) is 3.65. The van der Waals surface area contributed by atoms with E-state index in [0.717, 1.165) is 0 Å². The fourth-order valence-electron chi connectivity index (χ4n) is 2.18. The smallest absolute Gasteiger partial charge is 0.0242 e. The van der Waals surface area contributed by atoms with Crippen LogP contribution in [-0.4, -0.2) is 37.1 Å². The summed E-state index contributed by atoms with van der Waals surface area (Å²) >= 11 is 0. The number of piperidine rings is 1. The van der Waals surface area contributed by atoms with Crippen molar-refractivity contribution in [1.82, 2.24) is 10.2 Å². The quantitative estimate of drug-likeness (QED) is 0.525. The molecule has 1 N–H and O–H groups in total. The topological polar surface area (TPSA) is 15.3 Å². The van der Waals surface area contributed by atoms with Gasteiger partial charge in [0.2, 0.25) is 0 Å². The van der Waals surface area contributed by atoms with Crippen molar-refractivity contribution in [3.8, 4) is 0 Å². The second kappa shape index (κ2) is 2.21. The van der Waals surface area contributed by atoms with Gasteiger partial charge in [-0.3, -0.25) is 0 Å². The van der Waals surface area contributed by atoms with E-state index in [9.17, 15) is 0 Å². The highest BCUT2D eigenvalue weighted by molar-refractivity contribution is 5.00. The van der Waals surface area contributed by atoms with Gasteiger partial charge >= 0.3 is 0 Å². The number of nitrogens with zero attached hydrogens (tertiary/aromatic N) is 1. The predicted octanol–water partition coefficient (Wildman–Crippen LogP) is 0.444. The Hall–Kier alpha value is -0.0800. The molecule has 10 heavy (non-hydrogen) atoms. The molecule has 1 spiro atoms. The summed E-state index contributed by atoms with van der Waals surface area (Å²) in [4.78, 5) is 2.52. The third-order valence-corrected chi connectivity index (χ3v) is 3.26. The summed E-state index contributed by atoms with van der Waals surface area (Å²) in [6.45, 7) is 3.77. The van der Waals surface area contributed by atoms with E-state index in [1.807, 2.05) is 0 Å². The summed E-state index contributed by atoms with van der Waals surface area (Å²) < 4.78 is 0. The maximum Gasteiger partial charge on any atom is 0.0242 e. The number of nitrogens with one attached hydrogen (secondary N) is 1. The first-order valence-corrected chi connectivity index (χ1v) is 4.25. The standard InChI is InChI=1S/C8H16N2/c1-10-7-4-8(10)2-5-9-6-3-8/h9H,2-7H2,1H3. The lowest BCUT2D eigenvalue weighted by atomic mass is 9.77. The van der Waals surface area contributed by atoms with Crippen LogP contribution in [0, 0.1) is 0 Å². The Morgan fingerprint density at radius 3 is 2.20 bits per heavy atom. The first kappa shape index (κ1) is 6.62. The fourth-order valence-corrected chi connectivity index (χ4v) is 2.18. The van der Waals surface area contributed by atoms with Crippen LogP contribution in [0.25, 0.3) is 0 Å². The summed E-state index contributed by atoms with van der Waals surface area (Å²) in [5.41, 5.74) is 0.630. The van der Waals surface area contributed by atoms with Crippen molar-refractivity contribution < 1.29 is 0 Å². The molecule has 0 aliphatic carbocycles. The second-order valence-corrected chi connectivity index (χ2v) is 3.65. The van der Waals surface area contributed by atoms with Gasteiger partial charge in [0.1, 0.15) is 0 Å². The molecule has 58 valence electrons. The number of hydrogen-bond acceptors (Lipinski definition) is 2. The Kier molecular flexibility index (Phi) is 1.46. The molecular formula is C8H16N2. The molecule has 2 heterocycles. The van der Waals surface area contributed by atoms with Crippen molar-refractivity contribution in [3.63, 3.8) is 0 Å². The van der Waals surface area contributed by atoms with Gasteiger partial charge in [0.15, 0.2) is 0 Å². The van der Waals surface area contributed by atoms with Gasteiger partial charge in [0, 0.05) is 12.1 Å². The van der Waals surface area contributed by atoms with Crippen LogP contribution < -0.4 is 5.32 Å². The first-order valence-electron chi connectivity index (χ1n) is 4.25. The molecule has 2 heteroatoms. The van der Waals surface area contributed by atoms with Gasteiger partial charge in [0.05, 0.1) is 0 Å². The van der Waals surface area contributed by atoms with E-state index in [2.05, 4.69) is 17.3 Å². The van der Waals surface area contributed by atoms with Crippen LogP contribution in [0.2, 0.25) is 0 Å². The summed E-state index contributed by atoms with van der Waals surface area (Å²) in [6, 6.07) is 0. The van der Waals surface area contributed by atoms with Gasteiger partial charge in [0.25, 0.3) is 0 Å². The summed E-state index contributed by atoms with van der Waals surface area (Å²) in [6.07, 6.45) is 4.16. The minimum Gasteiger partial charge on any atom is -0.317 e. The van der Waals surface area contributed by atoms with E-state index in [4.69, 9.17) is 0 Å². The highest BCUT2D eigenvalue weighted by Crippen LogP contribution is 2.36. The van der Waals surface area contributed by atoms with Gasteiger partial charge in [-0.05, 0) is 39.4 Å². The fraction of sp³-hybridized carbons (Fsp3) is 1.00. The normalized spacial score (nSPS) is 32.1. The highest BCUT2D eigenvalue weighted by atomic mass is 15.2. The third kappa shape index (κ3) is 0.789. The van der Waals surface area contributed by atoms with Crippen LogP contribution >= 0.6 is 0 Å². The van der Waals surface area contributed by atoms with Crippen LogP contribution in [0.1, 0.15) is 19.3 Å². The van der Waals surface area contributed by atoms with Crippen LogP contribution in [0.15, 0.2) is 0 Å². The van der Waals surface area contributed by atoms with E-state index < -0.39 is 0 Å². The zero-order valence-corrected chi connectivity index (χ0v) is 6.69. The molecule has 0 aromatic carbocycles.